The van der Waals surface area contributed by atoms with Crippen LogP contribution in [0.2, 0.25) is 0 Å². The second-order valence-corrected chi connectivity index (χ2v) is 7.50. The van der Waals surface area contributed by atoms with Gasteiger partial charge in [0.15, 0.2) is 10.7 Å². The summed E-state index contributed by atoms with van der Waals surface area (Å²) in [5.74, 6) is 6.46. The molecule has 2 aromatic heterocycles. The van der Waals surface area contributed by atoms with Gasteiger partial charge in [-0.2, -0.15) is 9.90 Å². The first-order valence-electron chi connectivity index (χ1n) is 9.30. The number of nitrogens with zero attached hydrogens (tertiary/aromatic N) is 4. The van der Waals surface area contributed by atoms with Gasteiger partial charge in [0.2, 0.25) is 0 Å². The van der Waals surface area contributed by atoms with E-state index in [1.54, 1.807) is 25.3 Å². The number of esters is 1. The Balaban J connectivity index is 1.59. The highest BCUT2D eigenvalue weighted by molar-refractivity contribution is 7.10. The summed E-state index contributed by atoms with van der Waals surface area (Å²) in [6, 6.07) is 7.61. The second kappa shape index (κ2) is 7.95. The van der Waals surface area contributed by atoms with Gasteiger partial charge in [0.1, 0.15) is 5.69 Å². The number of carbonyl (C=O) groups is 1. The lowest BCUT2D eigenvalue weighted by Gasteiger charge is -2.22. The van der Waals surface area contributed by atoms with Crippen molar-refractivity contribution in [2.75, 3.05) is 6.61 Å². The third-order valence-electron chi connectivity index (χ3n) is 4.68. The van der Waals surface area contributed by atoms with E-state index in [0.29, 0.717) is 11.6 Å². The third kappa shape index (κ3) is 3.82. The maximum absolute atomic E-state index is 12.2. The third-order valence-corrected chi connectivity index (χ3v) is 5.45. The molecule has 0 radical (unpaired) electrons. The molecule has 0 aliphatic heterocycles. The van der Waals surface area contributed by atoms with E-state index in [0.717, 1.165) is 16.1 Å². The first kappa shape index (κ1) is 18.4. The maximum Gasteiger partial charge on any atom is 0.361 e. The van der Waals surface area contributed by atoms with Gasteiger partial charge in [-0.1, -0.05) is 24.5 Å². The Morgan fingerprint density at radius 3 is 2.93 bits per heavy atom. The van der Waals surface area contributed by atoms with Crippen molar-refractivity contribution in [3.05, 3.63) is 51.6 Å². The van der Waals surface area contributed by atoms with E-state index >= 15 is 0 Å². The van der Waals surface area contributed by atoms with Crippen molar-refractivity contribution in [3.8, 4) is 23.1 Å². The van der Waals surface area contributed by atoms with Crippen LogP contribution in [0.5, 0.6) is 0 Å². The molecule has 1 fully saturated rings. The number of hydrogen-bond acceptors (Lipinski definition) is 6. The first-order valence-corrected chi connectivity index (χ1v) is 10.2. The minimum Gasteiger partial charge on any atom is -0.461 e. The van der Waals surface area contributed by atoms with E-state index in [1.807, 2.05) is 24.3 Å². The number of hydrogen-bond donors (Lipinski definition) is 0. The predicted molar refractivity (Wildman–Crippen MR) is 107 cm³/mol. The van der Waals surface area contributed by atoms with Gasteiger partial charge in [0.05, 0.1) is 12.3 Å². The molecular weight excluding hydrogens is 372 g/mol. The van der Waals surface area contributed by atoms with Gasteiger partial charge >= 0.3 is 5.97 Å². The van der Waals surface area contributed by atoms with Crippen molar-refractivity contribution in [1.29, 1.82) is 0 Å². The van der Waals surface area contributed by atoms with Gasteiger partial charge in [-0.3, -0.25) is 0 Å². The smallest absolute Gasteiger partial charge is 0.361 e. The standard InChI is InChI=1S/C21H20N4O2S/c1-3-27-21(26)20-19(23-25(2)24-20)16-9-4-6-14(12-16)10-11-18-22-17(13-28-18)15-7-5-8-15/h4,6,9,12-13,15H,3,5,7-8H2,1-2H3. The lowest BCUT2D eigenvalue weighted by molar-refractivity contribution is 0.0519. The predicted octanol–water partition coefficient (Wildman–Crippen LogP) is 3.78. The molecule has 0 spiro atoms. The van der Waals surface area contributed by atoms with Crippen LogP contribution in [0.4, 0.5) is 0 Å². The molecule has 1 saturated carbocycles. The molecule has 6 nitrogen and oxygen atoms in total. The Morgan fingerprint density at radius 1 is 1.32 bits per heavy atom. The van der Waals surface area contributed by atoms with Crippen LogP contribution in [-0.2, 0) is 11.8 Å². The van der Waals surface area contributed by atoms with E-state index in [9.17, 15) is 4.79 Å². The Bertz CT molecular complexity index is 1070. The quantitative estimate of drug-likeness (QED) is 0.499. The summed E-state index contributed by atoms with van der Waals surface area (Å²) in [5, 5.41) is 11.4. The highest BCUT2D eigenvalue weighted by Crippen LogP contribution is 2.36. The molecule has 0 saturated heterocycles. The monoisotopic (exact) mass is 392 g/mol. The molecule has 142 valence electrons. The molecule has 3 aromatic rings. The van der Waals surface area contributed by atoms with Crippen LogP contribution in [-0.4, -0.2) is 32.6 Å². The highest BCUT2D eigenvalue weighted by atomic mass is 32.1. The molecule has 0 amide bonds. The fraction of sp³-hybridized carbons (Fsp3) is 0.333. The topological polar surface area (TPSA) is 69.9 Å². The van der Waals surface area contributed by atoms with Crippen molar-refractivity contribution >= 4 is 17.3 Å². The van der Waals surface area contributed by atoms with Crippen molar-refractivity contribution in [1.82, 2.24) is 20.0 Å². The Labute approximate surface area is 167 Å². The molecule has 0 unspecified atom stereocenters. The van der Waals surface area contributed by atoms with E-state index in [4.69, 9.17) is 4.74 Å². The van der Waals surface area contributed by atoms with Crippen LogP contribution >= 0.6 is 11.3 Å². The number of thiazole rings is 1. The lowest BCUT2D eigenvalue weighted by atomic mass is 9.83. The summed E-state index contributed by atoms with van der Waals surface area (Å²) in [6.07, 6.45) is 3.77. The zero-order chi connectivity index (χ0) is 19.5. The number of ether oxygens (including phenoxy) is 1. The maximum atomic E-state index is 12.2. The summed E-state index contributed by atoms with van der Waals surface area (Å²) in [5.41, 5.74) is 3.48. The molecule has 2 heterocycles. The average Bonchev–Trinajstić information content (AvgIpc) is 3.26. The highest BCUT2D eigenvalue weighted by Gasteiger charge is 2.22. The zero-order valence-electron chi connectivity index (χ0n) is 15.8. The van der Waals surface area contributed by atoms with Gasteiger partial charge in [0, 0.05) is 29.5 Å². The fourth-order valence-corrected chi connectivity index (χ4v) is 3.79. The molecule has 0 bridgehead atoms. The van der Waals surface area contributed by atoms with Crippen LogP contribution in [0.3, 0.4) is 0 Å². The van der Waals surface area contributed by atoms with E-state index in [1.165, 1.54) is 29.8 Å². The summed E-state index contributed by atoms with van der Waals surface area (Å²) in [4.78, 5) is 18.2. The number of carbonyl (C=O) groups excluding carboxylic acids is 1. The molecular formula is C21H20N4O2S. The minimum atomic E-state index is -0.478. The molecule has 4 rings (SSSR count). The van der Waals surface area contributed by atoms with Crippen LogP contribution in [0.1, 0.15) is 58.9 Å². The van der Waals surface area contributed by atoms with Crippen molar-refractivity contribution in [2.24, 2.45) is 7.05 Å². The van der Waals surface area contributed by atoms with E-state index in [-0.39, 0.29) is 12.3 Å². The van der Waals surface area contributed by atoms with Gasteiger partial charge in [-0.15, -0.1) is 16.4 Å². The minimum absolute atomic E-state index is 0.208. The van der Waals surface area contributed by atoms with Gasteiger partial charge < -0.3 is 4.74 Å². The molecule has 1 aliphatic rings. The Kier molecular flexibility index (Phi) is 5.22. The molecule has 7 heteroatoms. The second-order valence-electron chi connectivity index (χ2n) is 6.64. The Hall–Kier alpha value is -2.98. The summed E-state index contributed by atoms with van der Waals surface area (Å²) in [6.45, 7) is 2.05. The first-order chi connectivity index (χ1) is 13.6. The Morgan fingerprint density at radius 2 is 2.18 bits per heavy atom. The van der Waals surface area contributed by atoms with Crippen LogP contribution in [0, 0.1) is 11.8 Å². The van der Waals surface area contributed by atoms with Crippen LogP contribution in [0.25, 0.3) is 11.3 Å². The largest absolute Gasteiger partial charge is 0.461 e. The molecule has 1 aliphatic carbocycles. The summed E-state index contributed by atoms with van der Waals surface area (Å²) < 4.78 is 5.08. The van der Waals surface area contributed by atoms with Gasteiger partial charge in [0.25, 0.3) is 0 Å². The lowest BCUT2D eigenvalue weighted by Crippen LogP contribution is -2.08. The molecule has 28 heavy (non-hydrogen) atoms. The average molecular weight is 392 g/mol. The number of aryl methyl sites for hydroxylation is 1. The van der Waals surface area contributed by atoms with Crippen molar-refractivity contribution < 1.29 is 9.53 Å². The van der Waals surface area contributed by atoms with Crippen LogP contribution < -0.4 is 0 Å². The van der Waals surface area contributed by atoms with E-state index < -0.39 is 5.97 Å². The zero-order valence-corrected chi connectivity index (χ0v) is 16.6. The fourth-order valence-electron chi connectivity index (χ4n) is 3.04. The molecule has 0 N–H and O–H groups in total. The van der Waals surface area contributed by atoms with Crippen LogP contribution in [0.15, 0.2) is 29.6 Å². The van der Waals surface area contributed by atoms with Crippen molar-refractivity contribution in [3.63, 3.8) is 0 Å². The van der Waals surface area contributed by atoms with Crippen molar-refractivity contribution in [2.45, 2.75) is 32.1 Å². The van der Waals surface area contributed by atoms with Gasteiger partial charge in [-0.05, 0) is 37.8 Å². The summed E-state index contributed by atoms with van der Waals surface area (Å²) >= 11 is 1.59. The molecule has 1 aromatic carbocycles. The number of benzene rings is 1. The number of aromatic nitrogens is 4. The normalized spacial score (nSPS) is 13.5. The summed E-state index contributed by atoms with van der Waals surface area (Å²) in [7, 11) is 1.68. The van der Waals surface area contributed by atoms with E-state index in [2.05, 4.69) is 32.4 Å². The SMILES string of the molecule is CCOC(=O)c1nn(C)nc1-c1cccc(C#Cc2nc(C3CCC3)cs2)c1. The van der Waals surface area contributed by atoms with Gasteiger partial charge in [-0.25, -0.2) is 9.78 Å². The number of rotatable bonds is 4. The molecule has 0 atom stereocenters.